The molecule has 1 aromatic heterocycles. The summed E-state index contributed by atoms with van der Waals surface area (Å²) >= 11 is 5.57. The molecule has 0 unspecified atom stereocenters. The van der Waals surface area contributed by atoms with Gasteiger partial charge in [0.2, 0.25) is 5.91 Å². The zero-order valence-electron chi connectivity index (χ0n) is 9.83. The molecule has 1 heterocycles. The Bertz CT molecular complexity index is 403. The summed E-state index contributed by atoms with van der Waals surface area (Å²) in [5, 5.41) is 2.84. The second-order valence-corrected chi connectivity index (χ2v) is 3.99. The summed E-state index contributed by atoms with van der Waals surface area (Å²) in [5.74, 6) is -0.440. The van der Waals surface area contributed by atoms with E-state index in [1.165, 1.54) is 24.1 Å². The third kappa shape index (κ3) is 4.11. The summed E-state index contributed by atoms with van der Waals surface area (Å²) in [6.07, 6.45) is 0.858. The van der Waals surface area contributed by atoms with Crippen LogP contribution in [0.3, 0.4) is 0 Å². The Labute approximate surface area is 105 Å². The number of likely N-dealkylation sites (N-methyl/N-ethyl adjacent to an activating group) is 1. The van der Waals surface area contributed by atoms with Crippen molar-refractivity contribution >= 4 is 23.4 Å². The molecule has 0 radical (unpaired) electrons. The first kappa shape index (κ1) is 13.6. The molecule has 0 aliphatic carbocycles. The van der Waals surface area contributed by atoms with E-state index in [9.17, 15) is 9.59 Å². The Hall–Kier alpha value is -1.49. The van der Waals surface area contributed by atoms with E-state index in [4.69, 9.17) is 16.0 Å². The number of nitrogens with zero attached hydrogens (tertiary/aromatic N) is 1. The monoisotopic (exact) mass is 258 g/mol. The Balaban J connectivity index is 2.50. The van der Waals surface area contributed by atoms with Crippen LogP contribution >= 0.6 is 11.6 Å². The van der Waals surface area contributed by atoms with Crippen LogP contribution in [0.25, 0.3) is 0 Å². The summed E-state index contributed by atoms with van der Waals surface area (Å²) in [5.41, 5.74) is 0. The predicted octanol–water partition coefficient (Wildman–Crippen LogP) is 1.53. The van der Waals surface area contributed by atoms with E-state index in [2.05, 4.69) is 5.32 Å². The van der Waals surface area contributed by atoms with Crippen LogP contribution in [0, 0.1) is 0 Å². The van der Waals surface area contributed by atoms with Gasteiger partial charge in [-0.2, -0.15) is 0 Å². The zero-order chi connectivity index (χ0) is 12.8. The normalized spacial score (nSPS) is 10.1. The lowest BCUT2D eigenvalue weighted by Crippen LogP contribution is -2.38. The van der Waals surface area contributed by atoms with Gasteiger partial charge in [-0.1, -0.05) is 6.92 Å². The minimum Gasteiger partial charge on any atom is -0.440 e. The highest BCUT2D eigenvalue weighted by Gasteiger charge is 2.17. The zero-order valence-corrected chi connectivity index (χ0v) is 10.6. The molecule has 0 bridgehead atoms. The van der Waals surface area contributed by atoms with Crippen molar-refractivity contribution in [2.75, 3.05) is 20.1 Å². The Morgan fingerprint density at radius 1 is 1.47 bits per heavy atom. The fraction of sp³-hybridized carbons (Fsp3) is 0.455. The summed E-state index contributed by atoms with van der Waals surface area (Å²) in [6, 6.07) is 2.96. The van der Waals surface area contributed by atoms with Crippen molar-refractivity contribution < 1.29 is 14.0 Å². The number of amides is 2. The SMILES string of the molecule is CCCNC(=O)CN(C)C(=O)c1ccc(Cl)o1. The molecule has 0 aliphatic heterocycles. The predicted molar refractivity (Wildman–Crippen MR) is 64.0 cm³/mol. The van der Waals surface area contributed by atoms with Gasteiger partial charge in [-0.15, -0.1) is 0 Å². The third-order valence-electron chi connectivity index (χ3n) is 2.08. The number of hydrogen-bond donors (Lipinski definition) is 1. The number of carbonyl (C=O) groups excluding carboxylic acids is 2. The maximum Gasteiger partial charge on any atom is 0.289 e. The summed E-state index contributed by atoms with van der Waals surface area (Å²) < 4.78 is 4.97. The molecule has 0 aliphatic rings. The number of nitrogens with one attached hydrogen (secondary N) is 1. The maximum atomic E-state index is 11.8. The number of furan rings is 1. The van der Waals surface area contributed by atoms with Crippen LogP contribution in [0.1, 0.15) is 23.9 Å². The van der Waals surface area contributed by atoms with Crippen LogP contribution in [-0.4, -0.2) is 36.9 Å². The van der Waals surface area contributed by atoms with Gasteiger partial charge in [0, 0.05) is 13.6 Å². The minimum absolute atomic E-state index is 0.00283. The Morgan fingerprint density at radius 3 is 2.71 bits per heavy atom. The van der Waals surface area contributed by atoms with E-state index in [0.717, 1.165) is 6.42 Å². The molecule has 1 N–H and O–H groups in total. The molecule has 1 aromatic rings. The van der Waals surface area contributed by atoms with E-state index >= 15 is 0 Å². The van der Waals surface area contributed by atoms with E-state index in [1.54, 1.807) is 0 Å². The molecule has 1 rings (SSSR count). The number of halogens is 1. The van der Waals surface area contributed by atoms with E-state index in [-0.39, 0.29) is 29.3 Å². The molecule has 0 aromatic carbocycles. The van der Waals surface area contributed by atoms with Crippen molar-refractivity contribution in [2.45, 2.75) is 13.3 Å². The molecule has 6 heteroatoms. The first-order chi connectivity index (χ1) is 8.04. The number of carbonyl (C=O) groups is 2. The van der Waals surface area contributed by atoms with Crippen molar-refractivity contribution in [3.63, 3.8) is 0 Å². The average Bonchev–Trinajstić information content (AvgIpc) is 2.72. The molecule has 0 atom stereocenters. The van der Waals surface area contributed by atoms with E-state index in [1.807, 2.05) is 6.92 Å². The standard InChI is InChI=1S/C11H15ClN2O3/c1-3-6-13-10(15)7-14(2)11(16)8-4-5-9(12)17-8/h4-5H,3,6-7H2,1-2H3,(H,13,15). The van der Waals surface area contributed by atoms with Crippen molar-refractivity contribution in [2.24, 2.45) is 0 Å². The lowest BCUT2D eigenvalue weighted by atomic mass is 10.4. The smallest absolute Gasteiger partial charge is 0.289 e. The first-order valence-electron chi connectivity index (χ1n) is 5.32. The second kappa shape index (κ2) is 6.30. The molecular formula is C11H15ClN2O3. The van der Waals surface area contributed by atoms with Gasteiger partial charge in [-0.25, -0.2) is 0 Å². The summed E-state index contributed by atoms with van der Waals surface area (Å²) in [6.45, 7) is 2.56. The van der Waals surface area contributed by atoms with Crippen LogP contribution in [-0.2, 0) is 4.79 Å². The van der Waals surface area contributed by atoms with Crippen molar-refractivity contribution in [3.05, 3.63) is 23.1 Å². The van der Waals surface area contributed by atoms with Crippen molar-refractivity contribution in [1.82, 2.24) is 10.2 Å². The number of rotatable bonds is 5. The molecule has 0 spiro atoms. The highest BCUT2D eigenvalue weighted by molar-refractivity contribution is 6.29. The maximum absolute atomic E-state index is 11.8. The lowest BCUT2D eigenvalue weighted by molar-refractivity contribution is -0.121. The molecule has 5 nitrogen and oxygen atoms in total. The highest BCUT2D eigenvalue weighted by Crippen LogP contribution is 2.14. The molecule has 2 amide bonds. The Kier molecular flexibility index (Phi) is 5.03. The molecule has 0 saturated carbocycles. The fourth-order valence-electron chi connectivity index (χ4n) is 1.22. The van der Waals surface area contributed by atoms with Gasteiger partial charge >= 0.3 is 0 Å². The van der Waals surface area contributed by atoms with Gasteiger partial charge in [-0.3, -0.25) is 9.59 Å². The van der Waals surface area contributed by atoms with E-state index < -0.39 is 0 Å². The molecular weight excluding hydrogens is 244 g/mol. The van der Waals surface area contributed by atoms with Crippen LogP contribution in [0.5, 0.6) is 0 Å². The Morgan fingerprint density at radius 2 is 2.18 bits per heavy atom. The number of hydrogen-bond acceptors (Lipinski definition) is 3. The van der Waals surface area contributed by atoms with Crippen LogP contribution in [0.2, 0.25) is 5.22 Å². The van der Waals surface area contributed by atoms with Gasteiger partial charge in [0.25, 0.3) is 5.91 Å². The average molecular weight is 259 g/mol. The second-order valence-electron chi connectivity index (χ2n) is 3.61. The van der Waals surface area contributed by atoms with Gasteiger partial charge in [0.1, 0.15) is 0 Å². The topological polar surface area (TPSA) is 62.6 Å². The third-order valence-corrected chi connectivity index (χ3v) is 2.29. The quantitative estimate of drug-likeness (QED) is 0.871. The van der Waals surface area contributed by atoms with Crippen LogP contribution in [0.15, 0.2) is 16.5 Å². The largest absolute Gasteiger partial charge is 0.440 e. The van der Waals surface area contributed by atoms with Gasteiger partial charge in [0.05, 0.1) is 6.54 Å². The highest BCUT2D eigenvalue weighted by atomic mass is 35.5. The van der Waals surface area contributed by atoms with Crippen LogP contribution in [0.4, 0.5) is 0 Å². The first-order valence-corrected chi connectivity index (χ1v) is 5.70. The lowest BCUT2D eigenvalue weighted by Gasteiger charge is -2.15. The van der Waals surface area contributed by atoms with Crippen molar-refractivity contribution in [3.8, 4) is 0 Å². The fourth-order valence-corrected chi connectivity index (χ4v) is 1.37. The van der Waals surface area contributed by atoms with Crippen molar-refractivity contribution in [1.29, 1.82) is 0 Å². The molecule has 0 fully saturated rings. The molecule has 94 valence electrons. The van der Waals surface area contributed by atoms with E-state index in [0.29, 0.717) is 6.54 Å². The van der Waals surface area contributed by atoms with Gasteiger partial charge in [-0.05, 0) is 30.2 Å². The van der Waals surface area contributed by atoms with Gasteiger partial charge < -0.3 is 14.6 Å². The van der Waals surface area contributed by atoms with Gasteiger partial charge in [0.15, 0.2) is 11.0 Å². The summed E-state index contributed by atoms with van der Waals surface area (Å²) in [4.78, 5) is 24.4. The molecule has 17 heavy (non-hydrogen) atoms. The molecule has 0 saturated heterocycles. The minimum atomic E-state index is -0.372. The van der Waals surface area contributed by atoms with Crippen LogP contribution < -0.4 is 5.32 Å². The summed E-state index contributed by atoms with van der Waals surface area (Å²) in [7, 11) is 1.53.